The molecular weight excluding hydrogens is 364 g/mol. The molecule has 0 atom stereocenters. The Morgan fingerprint density at radius 2 is 2.19 bits per heavy atom. The van der Waals surface area contributed by atoms with Gasteiger partial charge in [-0.3, -0.25) is 9.59 Å². The molecule has 3 heterocycles. The summed E-state index contributed by atoms with van der Waals surface area (Å²) in [7, 11) is 0. The van der Waals surface area contributed by atoms with E-state index < -0.39 is 0 Å². The summed E-state index contributed by atoms with van der Waals surface area (Å²) >= 11 is 1.51. The molecule has 0 spiro atoms. The summed E-state index contributed by atoms with van der Waals surface area (Å²) in [6.07, 6.45) is 4.27. The van der Waals surface area contributed by atoms with E-state index in [-0.39, 0.29) is 24.1 Å². The molecule has 7 nitrogen and oxygen atoms in total. The molecule has 0 aromatic carbocycles. The monoisotopic (exact) mass is 384 g/mol. The van der Waals surface area contributed by atoms with Crippen LogP contribution in [0.4, 0.5) is 0 Å². The number of hydrogen-bond donors (Lipinski definition) is 1. The summed E-state index contributed by atoms with van der Waals surface area (Å²) in [5.41, 5.74) is 1.56. The SMILES string of the molecule is Cc1cc(-c2cc(=O)n(CC(=O)NC3CCCC3)nc2-c2cccs2)on1. The molecule has 0 bridgehead atoms. The molecule has 0 saturated heterocycles. The van der Waals surface area contributed by atoms with E-state index in [1.165, 1.54) is 22.1 Å². The third-order valence-corrected chi connectivity index (χ3v) is 5.54. The predicted molar refractivity (Wildman–Crippen MR) is 102 cm³/mol. The minimum absolute atomic E-state index is 0.0938. The lowest BCUT2D eigenvalue weighted by Gasteiger charge is -2.13. The van der Waals surface area contributed by atoms with E-state index in [0.717, 1.165) is 36.3 Å². The van der Waals surface area contributed by atoms with E-state index in [1.54, 1.807) is 6.07 Å². The number of aryl methyl sites for hydroxylation is 1. The van der Waals surface area contributed by atoms with Crippen molar-refractivity contribution in [3.05, 3.63) is 45.7 Å². The summed E-state index contributed by atoms with van der Waals surface area (Å²) in [4.78, 5) is 25.8. The Morgan fingerprint density at radius 1 is 1.37 bits per heavy atom. The minimum atomic E-state index is -0.346. The van der Waals surface area contributed by atoms with Crippen molar-refractivity contribution in [1.82, 2.24) is 20.3 Å². The lowest BCUT2D eigenvalue weighted by atomic mass is 10.1. The molecule has 1 aliphatic carbocycles. The van der Waals surface area contributed by atoms with Gasteiger partial charge >= 0.3 is 0 Å². The summed E-state index contributed by atoms with van der Waals surface area (Å²) in [6.45, 7) is 1.73. The van der Waals surface area contributed by atoms with E-state index in [2.05, 4.69) is 15.6 Å². The van der Waals surface area contributed by atoms with Crippen LogP contribution in [-0.4, -0.2) is 26.9 Å². The zero-order valence-electron chi connectivity index (χ0n) is 15.0. The first-order valence-electron chi connectivity index (χ1n) is 8.99. The molecule has 8 heteroatoms. The van der Waals surface area contributed by atoms with Gasteiger partial charge in [0.25, 0.3) is 5.56 Å². The first-order valence-corrected chi connectivity index (χ1v) is 9.87. The maximum atomic E-state index is 12.6. The first kappa shape index (κ1) is 17.7. The number of thiophene rings is 1. The third-order valence-electron chi connectivity index (χ3n) is 4.66. The number of hydrogen-bond acceptors (Lipinski definition) is 6. The molecule has 0 aliphatic heterocycles. The maximum Gasteiger partial charge on any atom is 0.268 e. The van der Waals surface area contributed by atoms with Gasteiger partial charge in [0.2, 0.25) is 5.91 Å². The molecular formula is C19H20N4O3S. The fourth-order valence-corrected chi connectivity index (χ4v) is 4.08. The normalized spacial score (nSPS) is 14.6. The van der Waals surface area contributed by atoms with Crippen molar-refractivity contribution < 1.29 is 9.32 Å². The number of carbonyl (C=O) groups excluding carboxylic acids is 1. The second-order valence-electron chi connectivity index (χ2n) is 6.76. The maximum absolute atomic E-state index is 12.6. The average Bonchev–Trinajstić information content (AvgIpc) is 3.38. The number of rotatable bonds is 5. The van der Waals surface area contributed by atoms with Crippen molar-refractivity contribution >= 4 is 17.2 Å². The largest absolute Gasteiger partial charge is 0.356 e. The lowest BCUT2D eigenvalue weighted by Crippen LogP contribution is -2.38. The molecule has 1 amide bonds. The number of nitrogens with zero attached hydrogens (tertiary/aromatic N) is 3. The molecule has 4 rings (SSSR count). The van der Waals surface area contributed by atoms with Gasteiger partial charge in [-0.05, 0) is 31.2 Å². The summed E-state index contributed by atoms with van der Waals surface area (Å²) in [6, 6.07) is 7.28. The van der Waals surface area contributed by atoms with Crippen LogP contribution in [0.5, 0.6) is 0 Å². The molecule has 1 N–H and O–H groups in total. The van der Waals surface area contributed by atoms with Crippen molar-refractivity contribution in [2.24, 2.45) is 0 Å². The van der Waals surface area contributed by atoms with Crippen LogP contribution in [0, 0.1) is 6.92 Å². The van der Waals surface area contributed by atoms with Crippen LogP contribution >= 0.6 is 11.3 Å². The predicted octanol–water partition coefficient (Wildman–Crippen LogP) is 2.99. The molecule has 1 saturated carbocycles. The topological polar surface area (TPSA) is 90.0 Å². The van der Waals surface area contributed by atoms with Crippen LogP contribution in [0.25, 0.3) is 21.9 Å². The molecule has 27 heavy (non-hydrogen) atoms. The second-order valence-corrected chi connectivity index (χ2v) is 7.71. The van der Waals surface area contributed by atoms with Gasteiger partial charge < -0.3 is 9.84 Å². The van der Waals surface area contributed by atoms with Crippen LogP contribution in [0.2, 0.25) is 0 Å². The van der Waals surface area contributed by atoms with E-state index in [9.17, 15) is 9.59 Å². The van der Waals surface area contributed by atoms with Gasteiger partial charge in [-0.2, -0.15) is 5.10 Å². The van der Waals surface area contributed by atoms with Crippen LogP contribution in [-0.2, 0) is 11.3 Å². The lowest BCUT2D eigenvalue weighted by molar-refractivity contribution is -0.122. The molecule has 3 aromatic rings. The molecule has 0 unspecified atom stereocenters. The van der Waals surface area contributed by atoms with Crippen molar-refractivity contribution in [3.63, 3.8) is 0 Å². The number of carbonyl (C=O) groups is 1. The number of nitrogens with one attached hydrogen (secondary N) is 1. The highest BCUT2D eigenvalue weighted by molar-refractivity contribution is 7.13. The van der Waals surface area contributed by atoms with Gasteiger partial charge in [-0.15, -0.1) is 11.3 Å². The van der Waals surface area contributed by atoms with E-state index >= 15 is 0 Å². The highest BCUT2D eigenvalue weighted by Gasteiger charge is 2.20. The molecule has 1 aliphatic rings. The van der Waals surface area contributed by atoms with Gasteiger partial charge in [-0.25, -0.2) is 4.68 Å². The summed E-state index contributed by atoms with van der Waals surface area (Å²) in [5.74, 6) is 0.306. The minimum Gasteiger partial charge on any atom is -0.356 e. The van der Waals surface area contributed by atoms with Gasteiger partial charge in [0.15, 0.2) is 5.76 Å². The molecule has 140 valence electrons. The standard InChI is InChI=1S/C19H20N4O3S/c1-12-9-15(26-22-12)14-10-18(25)23(21-19(14)16-7-4-8-27-16)11-17(24)20-13-5-2-3-6-13/h4,7-10,13H,2-3,5-6,11H2,1H3,(H,20,24). The smallest absolute Gasteiger partial charge is 0.268 e. The Kier molecular flexibility index (Phi) is 4.89. The Balaban J connectivity index is 1.68. The fraction of sp³-hybridized carbons (Fsp3) is 0.368. The second kappa shape index (κ2) is 7.48. The third kappa shape index (κ3) is 3.85. The zero-order valence-corrected chi connectivity index (χ0v) is 15.8. The van der Waals surface area contributed by atoms with Crippen LogP contribution in [0.15, 0.2) is 39.0 Å². The van der Waals surface area contributed by atoms with Gasteiger partial charge in [0.05, 0.1) is 16.1 Å². The van der Waals surface area contributed by atoms with E-state index in [4.69, 9.17) is 4.52 Å². The Morgan fingerprint density at radius 3 is 2.85 bits per heavy atom. The van der Waals surface area contributed by atoms with Crippen molar-refractivity contribution in [1.29, 1.82) is 0 Å². The number of aromatic nitrogens is 3. The van der Waals surface area contributed by atoms with Crippen molar-refractivity contribution in [2.75, 3.05) is 0 Å². The fourth-order valence-electron chi connectivity index (χ4n) is 3.36. The van der Waals surface area contributed by atoms with Gasteiger partial charge in [-0.1, -0.05) is 24.1 Å². The zero-order chi connectivity index (χ0) is 18.8. The molecule has 0 radical (unpaired) electrons. The summed E-state index contributed by atoms with van der Waals surface area (Å²) in [5, 5.41) is 13.3. The van der Waals surface area contributed by atoms with Crippen LogP contribution in [0.3, 0.4) is 0 Å². The van der Waals surface area contributed by atoms with E-state index in [1.807, 2.05) is 24.4 Å². The summed E-state index contributed by atoms with van der Waals surface area (Å²) < 4.78 is 6.56. The Hall–Kier alpha value is -2.74. The highest BCUT2D eigenvalue weighted by atomic mass is 32.1. The average molecular weight is 384 g/mol. The number of amides is 1. The quantitative estimate of drug-likeness (QED) is 0.730. The molecule has 3 aromatic heterocycles. The van der Waals surface area contributed by atoms with Gasteiger partial charge in [0.1, 0.15) is 12.2 Å². The highest BCUT2D eigenvalue weighted by Crippen LogP contribution is 2.32. The first-order chi connectivity index (χ1) is 13.1. The van der Waals surface area contributed by atoms with Crippen LogP contribution in [0.1, 0.15) is 31.4 Å². The Labute approximate surface area is 160 Å². The van der Waals surface area contributed by atoms with Gasteiger partial charge in [0, 0.05) is 18.2 Å². The van der Waals surface area contributed by atoms with E-state index in [0.29, 0.717) is 17.0 Å². The van der Waals surface area contributed by atoms with Crippen molar-refractivity contribution in [3.8, 4) is 21.9 Å². The van der Waals surface area contributed by atoms with Crippen LogP contribution < -0.4 is 10.9 Å². The molecule has 1 fully saturated rings. The van der Waals surface area contributed by atoms with Crippen molar-refractivity contribution in [2.45, 2.75) is 45.2 Å². The Bertz CT molecular complexity index is 1000.